The number of hydrogen-bond donors (Lipinski definition) is 0. The molecule has 0 amide bonds. The largest absolute Gasteiger partial charge is 0.419 e. The molecule has 1 saturated carbocycles. The molecule has 3 aromatic rings. The first kappa shape index (κ1) is 20.6. The van der Waals surface area contributed by atoms with Gasteiger partial charge < -0.3 is 14.2 Å². The zero-order valence-electron chi connectivity index (χ0n) is 17.0. The zero-order valence-corrected chi connectivity index (χ0v) is 17.0. The highest BCUT2D eigenvalue weighted by molar-refractivity contribution is 5.55. The molecule has 0 atom stereocenters. The molecular weight excluding hydrogens is 429 g/mol. The Kier molecular flexibility index (Phi) is 4.96. The summed E-state index contributed by atoms with van der Waals surface area (Å²) in [5.41, 5.74) is 0.0576. The lowest BCUT2D eigenvalue weighted by Crippen LogP contribution is -2.53. The van der Waals surface area contributed by atoms with E-state index in [1.54, 1.807) is 13.1 Å². The van der Waals surface area contributed by atoms with Crippen LogP contribution in [0.5, 0.6) is 0 Å². The molecule has 0 aromatic carbocycles. The van der Waals surface area contributed by atoms with E-state index in [1.165, 1.54) is 10.7 Å². The van der Waals surface area contributed by atoms with Crippen molar-refractivity contribution in [2.24, 2.45) is 0 Å². The Morgan fingerprint density at radius 1 is 1.16 bits per heavy atom. The molecule has 1 aliphatic heterocycles. The summed E-state index contributed by atoms with van der Waals surface area (Å²) in [6, 6.07) is 1.50. The van der Waals surface area contributed by atoms with Gasteiger partial charge in [0.1, 0.15) is 5.76 Å². The molecule has 5 rings (SSSR count). The average Bonchev–Trinajstić information content (AvgIpc) is 3.47. The van der Waals surface area contributed by atoms with Gasteiger partial charge in [0.05, 0.1) is 36.2 Å². The highest BCUT2D eigenvalue weighted by Crippen LogP contribution is 2.30. The number of hydrogen-bond acceptors (Lipinski definition) is 8. The van der Waals surface area contributed by atoms with Crippen LogP contribution >= 0.6 is 0 Å². The highest BCUT2D eigenvalue weighted by atomic mass is 19.4. The molecule has 1 saturated heterocycles. The Balaban J connectivity index is 1.32. The third-order valence-corrected chi connectivity index (χ3v) is 5.46. The number of aromatic nitrogens is 5. The summed E-state index contributed by atoms with van der Waals surface area (Å²) in [7, 11) is 0. The molecule has 2 aliphatic rings. The summed E-state index contributed by atoms with van der Waals surface area (Å²) in [5, 5.41) is 8.10. The second-order valence-corrected chi connectivity index (χ2v) is 7.93. The fourth-order valence-corrected chi connectivity index (χ4v) is 3.43. The summed E-state index contributed by atoms with van der Waals surface area (Å²) in [5.74, 6) is 0.362. The van der Waals surface area contributed by atoms with Crippen molar-refractivity contribution in [1.82, 2.24) is 24.9 Å². The SMILES string of the molecule is Cc1onc(-c2ncc(C(F)(F)F)cn2)c1Cn1ncc(N2CC(OC3CC3)C2)cc1=O. The van der Waals surface area contributed by atoms with Gasteiger partial charge in [-0.2, -0.15) is 18.3 Å². The van der Waals surface area contributed by atoms with Gasteiger partial charge in [-0.05, 0) is 19.8 Å². The zero-order chi connectivity index (χ0) is 22.5. The van der Waals surface area contributed by atoms with Crippen LogP contribution in [0.3, 0.4) is 0 Å². The van der Waals surface area contributed by atoms with Crippen LogP contribution in [-0.4, -0.2) is 50.2 Å². The minimum absolute atomic E-state index is 0.0155. The molecule has 0 spiro atoms. The van der Waals surface area contributed by atoms with Crippen LogP contribution in [0.2, 0.25) is 0 Å². The Hall–Kier alpha value is -3.28. The smallest absolute Gasteiger partial charge is 0.371 e. The number of ether oxygens (including phenoxy) is 1. The summed E-state index contributed by atoms with van der Waals surface area (Å²) in [4.78, 5) is 22.2. The fraction of sp³-hybridized carbons (Fsp3) is 0.450. The molecule has 2 fully saturated rings. The van der Waals surface area contributed by atoms with E-state index in [9.17, 15) is 18.0 Å². The van der Waals surface area contributed by atoms with E-state index in [2.05, 4.69) is 20.2 Å². The number of nitrogens with zero attached hydrogens (tertiary/aromatic N) is 6. The van der Waals surface area contributed by atoms with Crippen molar-refractivity contribution in [3.05, 3.63) is 51.9 Å². The minimum Gasteiger partial charge on any atom is -0.371 e. The quantitative estimate of drug-likeness (QED) is 0.567. The van der Waals surface area contributed by atoms with Crippen LogP contribution in [0.1, 0.15) is 29.7 Å². The van der Waals surface area contributed by atoms with Gasteiger partial charge in [0.25, 0.3) is 5.56 Å². The lowest BCUT2D eigenvalue weighted by Gasteiger charge is -2.40. The molecule has 0 unspecified atom stereocenters. The van der Waals surface area contributed by atoms with Gasteiger partial charge in [0.15, 0.2) is 11.5 Å². The van der Waals surface area contributed by atoms with E-state index in [-0.39, 0.29) is 29.7 Å². The Morgan fingerprint density at radius 3 is 2.50 bits per heavy atom. The molecule has 1 aliphatic carbocycles. The summed E-state index contributed by atoms with van der Waals surface area (Å²) < 4.78 is 50.5. The number of alkyl halides is 3. The summed E-state index contributed by atoms with van der Waals surface area (Å²) >= 11 is 0. The molecule has 32 heavy (non-hydrogen) atoms. The van der Waals surface area contributed by atoms with Crippen LogP contribution in [0, 0.1) is 6.92 Å². The second-order valence-electron chi connectivity index (χ2n) is 7.93. The van der Waals surface area contributed by atoms with Crippen molar-refractivity contribution in [3.63, 3.8) is 0 Å². The van der Waals surface area contributed by atoms with E-state index in [1.807, 2.05) is 4.90 Å². The van der Waals surface area contributed by atoms with Gasteiger partial charge in [-0.3, -0.25) is 4.79 Å². The molecule has 9 nitrogen and oxygen atoms in total. The maximum Gasteiger partial charge on any atom is 0.419 e. The van der Waals surface area contributed by atoms with Crippen molar-refractivity contribution in [2.45, 2.75) is 44.7 Å². The van der Waals surface area contributed by atoms with Crippen LogP contribution in [0.25, 0.3) is 11.5 Å². The topological polar surface area (TPSA) is 99.2 Å². The Labute approximate surface area is 179 Å². The minimum atomic E-state index is -4.54. The maximum absolute atomic E-state index is 12.8. The van der Waals surface area contributed by atoms with Crippen LogP contribution in [0.15, 0.2) is 34.0 Å². The summed E-state index contributed by atoms with van der Waals surface area (Å²) in [6.45, 7) is 3.10. The molecule has 3 aromatic heterocycles. The van der Waals surface area contributed by atoms with Gasteiger partial charge in [0, 0.05) is 37.1 Å². The molecular formula is C20H19F3N6O3. The van der Waals surface area contributed by atoms with Crippen molar-refractivity contribution in [3.8, 4) is 11.5 Å². The number of anilines is 1. The maximum atomic E-state index is 12.8. The van der Waals surface area contributed by atoms with Crippen LogP contribution in [-0.2, 0) is 17.5 Å². The third kappa shape index (κ3) is 4.09. The van der Waals surface area contributed by atoms with E-state index in [0.717, 1.165) is 31.6 Å². The van der Waals surface area contributed by atoms with Crippen LogP contribution in [0.4, 0.5) is 18.9 Å². The van der Waals surface area contributed by atoms with Crippen molar-refractivity contribution in [1.29, 1.82) is 0 Å². The first-order valence-electron chi connectivity index (χ1n) is 10.1. The van der Waals surface area contributed by atoms with Gasteiger partial charge in [-0.15, -0.1) is 0 Å². The Morgan fingerprint density at radius 2 is 1.88 bits per heavy atom. The lowest BCUT2D eigenvalue weighted by atomic mass is 10.1. The van der Waals surface area contributed by atoms with Gasteiger partial charge in [-0.25, -0.2) is 14.6 Å². The number of aryl methyl sites for hydroxylation is 1. The van der Waals surface area contributed by atoms with Gasteiger partial charge in [0.2, 0.25) is 0 Å². The molecule has 168 valence electrons. The van der Waals surface area contributed by atoms with Crippen LogP contribution < -0.4 is 10.5 Å². The predicted octanol–water partition coefficient (Wildman–Crippen LogP) is 2.43. The number of rotatable bonds is 6. The monoisotopic (exact) mass is 448 g/mol. The first-order chi connectivity index (χ1) is 15.3. The lowest BCUT2D eigenvalue weighted by molar-refractivity contribution is -0.138. The van der Waals surface area contributed by atoms with E-state index in [0.29, 0.717) is 29.8 Å². The summed E-state index contributed by atoms with van der Waals surface area (Å²) in [6.07, 6.45) is 1.25. The van der Waals surface area contributed by atoms with Crippen molar-refractivity contribution >= 4 is 5.69 Å². The van der Waals surface area contributed by atoms with E-state index < -0.39 is 11.7 Å². The van der Waals surface area contributed by atoms with E-state index >= 15 is 0 Å². The van der Waals surface area contributed by atoms with Gasteiger partial charge in [-0.1, -0.05) is 5.16 Å². The van der Waals surface area contributed by atoms with Crippen molar-refractivity contribution < 1.29 is 22.4 Å². The van der Waals surface area contributed by atoms with E-state index in [4.69, 9.17) is 9.26 Å². The van der Waals surface area contributed by atoms with Crippen molar-refractivity contribution in [2.75, 3.05) is 18.0 Å². The average molecular weight is 448 g/mol. The third-order valence-electron chi connectivity index (χ3n) is 5.46. The van der Waals surface area contributed by atoms with Gasteiger partial charge >= 0.3 is 6.18 Å². The molecule has 4 heterocycles. The molecule has 0 radical (unpaired) electrons. The second kappa shape index (κ2) is 7.69. The molecule has 0 bridgehead atoms. The normalized spacial score (nSPS) is 16.9. The highest BCUT2D eigenvalue weighted by Gasteiger charge is 2.34. The standard InChI is InChI=1S/C20H19F3N6O3/c1-11-16(18(27-32-11)19-24-5-12(6-25-19)20(21,22)23)10-29-17(30)4-13(7-26-29)28-8-15(9-28)31-14-2-3-14/h4-7,14-15H,2-3,8-10H2,1H3. The fourth-order valence-electron chi connectivity index (χ4n) is 3.43. The molecule has 0 N–H and O–H groups in total. The Bertz CT molecular complexity index is 1180. The predicted molar refractivity (Wildman–Crippen MR) is 105 cm³/mol. The first-order valence-corrected chi connectivity index (χ1v) is 10.1. The molecule has 12 heteroatoms. The number of halogens is 3.